The van der Waals surface area contributed by atoms with E-state index in [2.05, 4.69) is 15.3 Å². The summed E-state index contributed by atoms with van der Waals surface area (Å²) in [5.74, 6) is 0.511. The summed E-state index contributed by atoms with van der Waals surface area (Å²) in [7, 11) is 0. The van der Waals surface area contributed by atoms with Gasteiger partial charge in [-0.15, -0.1) is 11.3 Å². The Labute approximate surface area is 193 Å². The Morgan fingerprint density at radius 2 is 2.13 bits per heavy atom. The van der Waals surface area contributed by atoms with Crippen LogP contribution in [0.4, 0.5) is 11.4 Å². The molecule has 3 heterocycles. The van der Waals surface area contributed by atoms with Crippen molar-refractivity contribution in [2.45, 2.75) is 25.5 Å². The molecule has 6 nitrogen and oxygen atoms in total. The fourth-order valence-electron chi connectivity index (χ4n) is 3.74. The molecule has 160 valence electrons. The molecule has 0 bridgehead atoms. The maximum absolute atomic E-state index is 11.7. The number of hydrogen-bond acceptors (Lipinski definition) is 5. The quantitative estimate of drug-likeness (QED) is 0.559. The van der Waals surface area contributed by atoms with Crippen LogP contribution in [0.5, 0.6) is 5.75 Å². The van der Waals surface area contributed by atoms with Crippen LogP contribution in [0.2, 0.25) is 10.0 Å². The van der Waals surface area contributed by atoms with Crippen LogP contribution in [0.15, 0.2) is 46.8 Å². The lowest BCUT2D eigenvalue weighted by Crippen LogP contribution is -2.25. The molecule has 1 amide bonds. The van der Waals surface area contributed by atoms with Crippen molar-refractivity contribution in [2.24, 2.45) is 4.99 Å². The van der Waals surface area contributed by atoms with Crippen molar-refractivity contribution in [3.63, 3.8) is 0 Å². The summed E-state index contributed by atoms with van der Waals surface area (Å²) in [5.41, 5.74) is 3.28. The number of halogens is 2. The third-order valence-corrected chi connectivity index (χ3v) is 6.64. The third-order valence-electron chi connectivity index (χ3n) is 5.24. The number of rotatable bonds is 4. The second kappa shape index (κ2) is 8.67. The van der Waals surface area contributed by atoms with Crippen molar-refractivity contribution < 1.29 is 14.3 Å². The molecule has 1 atom stereocenters. The van der Waals surface area contributed by atoms with Gasteiger partial charge in [-0.2, -0.15) is 0 Å². The molecule has 2 aromatic carbocycles. The molecule has 9 heteroatoms. The first kappa shape index (κ1) is 20.6. The largest absolute Gasteiger partial charge is 0.482 e. The summed E-state index contributed by atoms with van der Waals surface area (Å²) in [6, 6.07) is 11.1. The standard InChI is InChI=1S/C22H19Cl2N3O3S/c23-14-4-5-17(16(24)9-14)26-22-27(10-15-2-1-7-29-15)19(12-31-22)13-3-6-20-18(8-13)25-21(28)11-30-20/h3-6,8-9,12,15H,1-2,7,10-11H2,(H,25,28). The third kappa shape index (κ3) is 4.36. The fourth-order valence-corrected chi connectivity index (χ4v) is 5.12. The topological polar surface area (TPSA) is 64.8 Å². The van der Waals surface area contributed by atoms with Gasteiger partial charge in [-0.1, -0.05) is 23.2 Å². The van der Waals surface area contributed by atoms with E-state index in [1.807, 2.05) is 24.3 Å². The van der Waals surface area contributed by atoms with Crippen molar-refractivity contribution in [1.82, 2.24) is 4.57 Å². The van der Waals surface area contributed by atoms with Gasteiger partial charge in [0.1, 0.15) is 5.75 Å². The van der Waals surface area contributed by atoms with Crippen LogP contribution in [0.25, 0.3) is 11.3 Å². The molecule has 31 heavy (non-hydrogen) atoms. The Bertz CT molecular complexity index is 1210. The number of aromatic nitrogens is 1. The molecule has 0 spiro atoms. The Morgan fingerprint density at radius 3 is 2.94 bits per heavy atom. The fraction of sp³-hybridized carbons (Fsp3) is 0.273. The molecular formula is C22H19Cl2N3O3S. The predicted molar refractivity (Wildman–Crippen MR) is 123 cm³/mol. The van der Waals surface area contributed by atoms with Crippen LogP contribution in [0.1, 0.15) is 12.8 Å². The summed E-state index contributed by atoms with van der Waals surface area (Å²) in [4.78, 5) is 17.4. The summed E-state index contributed by atoms with van der Waals surface area (Å²) < 4.78 is 13.5. The number of hydrogen-bond donors (Lipinski definition) is 1. The minimum absolute atomic E-state index is 0.0364. The van der Waals surface area contributed by atoms with E-state index in [9.17, 15) is 4.79 Å². The average molecular weight is 476 g/mol. The van der Waals surface area contributed by atoms with E-state index < -0.39 is 0 Å². The van der Waals surface area contributed by atoms with E-state index in [0.29, 0.717) is 33.7 Å². The molecule has 0 saturated carbocycles. The number of carbonyl (C=O) groups excluding carboxylic acids is 1. The highest BCUT2D eigenvalue weighted by atomic mass is 35.5. The Morgan fingerprint density at radius 1 is 1.23 bits per heavy atom. The lowest BCUT2D eigenvalue weighted by molar-refractivity contribution is -0.118. The number of nitrogens with zero attached hydrogens (tertiary/aromatic N) is 2. The molecule has 1 aromatic heterocycles. The second-order valence-electron chi connectivity index (χ2n) is 7.40. The summed E-state index contributed by atoms with van der Waals surface area (Å²) >= 11 is 13.9. The molecule has 0 radical (unpaired) electrons. The van der Waals surface area contributed by atoms with Gasteiger partial charge in [0.05, 0.1) is 34.7 Å². The van der Waals surface area contributed by atoms with Gasteiger partial charge >= 0.3 is 0 Å². The van der Waals surface area contributed by atoms with Crippen LogP contribution >= 0.6 is 34.5 Å². The number of anilines is 1. The minimum Gasteiger partial charge on any atom is -0.482 e. The summed E-state index contributed by atoms with van der Waals surface area (Å²) in [5, 5.41) is 6.00. The number of thiazole rings is 1. The van der Waals surface area contributed by atoms with Crippen LogP contribution in [0.3, 0.4) is 0 Å². The number of fused-ring (bicyclic) bond motifs is 1. The van der Waals surface area contributed by atoms with Crippen molar-refractivity contribution in [2.75, 3.05) is 18.5 Å². The smallest absolute Gasteiger partial charge is 0.262 e. The number of amides is 1. The van der Waals surface area contributed by atoms with Crippen molar-refractivity contribution in [3.05, 3.63) is 56.6 Å². The first-order chi connectivity index (χ1) is 15.1. The normalized spacial score (nSPS) is 18.6. The van der Waals surface area contributed by atoms with Crippen LogP contribution in [-0.2, 0) is 16.1 Å². The predicted octanol–water partition coefficient (Wildman–Crippen LogP) is 5.27. The van der Waals surface area contributed by atoms with Crippen LogP contribution in [0, 0.1) is 0 Å². The van der Waals surface area contributed by atoms with Gasteiger partial charge in [0.25, 0.3) is 5.91 Å². The van der Waals surface area contributed by atoms with Gasteiger partial charge in [-0.25, -0.2) is 4.99 Å². The zero-order valence-electron chi connectivity index (χ0n) is 16.4. The maximum Gasteiger partial charge on any atom is 0.262 e. The van der Waals surface area contributed by atoms with E-state index in [-0.39, 0.29) is 18.6 Å². The first-order valence-corrected chi connectivity index (χ1v) is 11.6. The van der Waals surface area contributed by atoms with E-state index in [1.54, 1.807) is 12.1 Å². The first-order valence-electron chi connectivity index (χ1n) is 9.93. The molecular weight excluding hydrogens is 457 g/mol. The van der Waals surface area contributed by atoms with E-state index in [0.717, 1.165) is 35.5 Å². The van der Waals surface area contributed by atoms with E-state index >= 15 is 0 Å². The van der Waals surface area contributed by atoms with Gasteiger partial charge in [0, 0.05) is 22.6 Å². The highest BCUT2D eigenvalue weighted by Crippen LogP contribution is 2.34. The number of carbonyl (C=O) groups is 1. The average Bonchev–Trinajstić information content (AvgIpc) is 3.40. The second-order valence-corrected chi connectivity index (χ2v) is 9.08. The molecule has 2 aliphatic rings. The van der Waals surface area contributed by atoms with Gasteiger partial charge in [0.15, 0.2) is 11.4 Å². The summed E-state index contributed by atoms with van der Waals surface area (Å²) in [6.07, 6.45) is 2.20. The number of benzene rings is 2. The molecule has 2 aliphatic heterocycles. The van der Waals surface area contributed by atoms with Crippen LogP contribution < -0.4 is 14.9 Å². The van der Waals surface area contributed by atoms with Crippen molar-refractivity contribution in [3.8, 4) is 17.0 Å². The molecule has 1 N–H and O–H groups in total. The van der Waals surface area contributed by atoms with Gasteiger partial charge in [0.2, 0.25) is 0 Å². The Hall–Kier alpha value is -2.32. The zero-order chi connectivity index (χ0) is 21.4. The number of ether oxygens (including phenoxy) is 2. The summed E-state index contributed by atoms with van der Waals surface area (Å²) in [6.45, 7) is 1.50. The molecule has 5 rings (SSSR count). The van der Waals surface area contributed by atoms with Crippen molar-refractivity contribution in [1.29, 1.82) is 0 Å². The highest BCUT2D eigenvalue weighted by molar-refractivity contribution is 7.07. The van der Waals surface area contributed by atoms with E-state index in [4.69, 9.17) is 37.7 Å². The number of nitrogens with one attached hydrogen (secondary N) is 1. The lowest BCUT2D eigenvalue weighted by atomic mass is 10.1. The van der Waals surface area contributed by atoms with E-state index in [1.165, 1.54) is 11.3 Å². The molecule has 1 unspecified atom stereocenters. The van der Waals surface area contributed by atoms with Gasteiger partial charge in [-0.3, -0.25) is 4.79 Å². The SMILES string of the molecule is O=C1COc2ccc(-c3csc(=Nc4ccc(Cl)cc4Cl)n3CC3CCCO3)cc2N1. The maximum atomic E-state index is 11.7. The molecule has 0 aliphatic carbocycles. The lowest BCUT2D eigenvalue weighted by Gasteiger charge is -2.19. The van der Waals surface area contributed by atoms with Gasteiger partial charge in [-0.05, 0) is 49.2 Å². The minimum atomic E-state index is -0.157. The molecule has 1 saturated heterocycles. The molecule has 1 fully saturated rings. The molecule has 3 aromatic rings. The highest BCUT2D eigenvalue weighted by Gasteiger charge is 2.21. The van der Waals surface area contributed by atoms with Crippen molar-refractivity contribution >= 4 is 51.8 Å². The zero-order valence-corrected chi connectivity index (χ0v) is 18.8. The van der Waals surface area contributed by atoms with Gasteiger partial charge < -0.3 is 19.4 Å². The Kier molecular flexibility index (Phi) is 5.75. The van der Waals surface area contributed by atoms with Crippen LogP contribution in [-0.4, -0.2) is 29.8 Å². The monoisotopic (exact) mass is 475 g/mol. The Balaban J connectivity index is 1.60.